The van der Waals surface area contributed by atoms with Crippen molar-refractivity contribution in [3.05, 3.63) is 28.8 Å². The number of thioether (sulfide) groups is 1. The van der Waals surface area contributed by atoms with E-state index in [1.54, 1.807) is 12.1 Å². The molecule has 6 heteroatoms. The second-order valence-electron chi connectivity index (χ2n) is 3.13. The standard InChI is InChI=1S/C10H8ClNO3S/c1-16-6-4-2-3-5(11)7(6)8-9(13)12-10(14)15-8/h2-4,8H,1H3,(H,12,13,14). The largest absolute Gasteiger partial charge is 0.431 e. The number of hydrogen-bond acceptors (Lipinski definition) is 4. The smallest absolute Gasteiger partial charge is 0.415 e. The predicted octanol–water partition coefficient (Wildman–Crippen LogP) is 2.37. The van der Waals surface area contributed by atoms with Crippen molar-refractivity contribution < 1.29 is 14.3 Å². The van der Waals surface area contributed by atoms with Crippen molar-refractivity contribution >= 4 is 35.4 Å². The Labute approximate surface area is 101 Å². The van der Waals surface area contributed by atoms with E-state index in [0.29, 0.717) is 10.6 Å². The van der Waals surface area contributed by atoms with Gasteiger partial charge >= 0.3 is 6.09 Å². The molecule has 1 aromatic rings. The van der Waals surface area contributed by atoms with E-state index in [4.69, 9.17) is 16.3 Å². The Hall–Kier alpha value is -1.20. The van der Waals surface area contributed by atoms with Crippen LogP contribution in [0.4, 0.5) is 4.79 Å². The zero-order chi connectivity index (χ0) is 11.7. The summed E-state index contributed by atoms with van der Waals surface area (Å²) in [6, 6.07) is 5.27. The molecule has 2 rings (SSSR count). The number of ether oxygens (including phenoxy) is 1. The van der Waals surface area contributed by atoms with Crippen molar-refractivity contribution in [1.29, 1.82) is 0 Å². The molecule has 1 atom stereocenters. The summed E-state index contributed by atoms with van der Waals surface area (Å²) in [7, 11) is 0. The van der Waals surface area contributed by atoms with Crippen molar-refractivity contribution in [1.82, 2.24) is 5.32 Å². The Morgan fingerprint density at radius 2 is 2.19 bits per heavy atom. The lowest BCUT2D eigenvalue weighted by molar-refractivity contribution is -0.123. The van der Waals surface area contributed by atoms with Gasteiger partial charge in [-0.25, -0.2) is 4.79 Å². The fourth-order valence-electron chi connectivity index (χ4n) is 1.50. The van der Waals surface area contributed by atoms with Crippen LogP contribution in [0.25, 0.3) is 0 Å². The second-order valence-corrected chi connectivity index (χ2v) is 4.39. The predicted molar refractivity (Wildman–Crippen MR) is 60.6 cm³/mol. The first-order valence-electron chi connectivity index (χ1n) is 4.47. The summed E-state index contributed by atoms with van der Waals surface area (Å²) in [6.45, 7) is 0. The average molecular weight is 258 g/mol. The van der Waals surface area contributed by atoms with Gasteiger partial charge in [0.25, 0.3) is 5.91 Å². The van der Waals surface area contributed by atoms with Crippen molar-refractivity contribution in [2.24, 2.45) is 0 Å². The van der Waals surface area contributed by atoms with Crippen molar-refractivity contribution in [2.45, 2.75) is 11.0 Å². The molecule has 1 fully saturated rings. The Bertz CT molecular complexity index is 463. The highest BCUT2D eigenvalue weighted by atomic mass is 35.5. The zero-order valence-electron chi connectivity index (χ0n) is 8.32. The quantitative estimate of drug-likeness (QED) is 0.827. The van der Waals surface area contributed by atoms with Crippen molar-refractivity contribution in [3.63, 3.8) is 0 Å². The lowest BCUT2D eigenvalue weighted by Gasteiger charge is -2.12. The second kappa shape index (κ2) is 4.35. The van der Waals surface area contributed by atoms with Gasteiger partial charge in [0.15, 0.2) is 0 Å². The molecule has 1 aliphatic rings. The average Bonchev–Trinajstić information content (AvgIpc) is 2.57. The number of hydrogen-bond donors (Lipinski definition) is 1. The van der Waals surface area contributed by atoms with Gasteiger partial charge in [0.2, 0.25) is 6.10 Å². The molecule has 16 heavy (non-hydrogen) atoms. The van der Waals surface area contributed by atoms with Crippen LogP contribution in [0.1, 0.15) is 11.7 Å². The molecule has 1 unspecified atom stereocenters. The van der Waals surface area contributed by atoms with E-state index >= 15 is 0 Å². The zero-order valence-corrected chi connectivity index (χ0v) is 9.89. The number of benzene rings is 1. The summed E-state index contributed by atoms with van der Waals surface area (Å²) in [5.41, 5.74) is 0.542. The third kappa shape index (κ3) is 1.88. The first-order chi connectivity index (χ1) is 7.63. The third-order valence-electron chi connectivity index (χ3n) is 2.18. The highest BCUT2D eigenvalue weighted by Gasteiger charge is 2.36. The summed E-state index contributed by atoms with van der Waals surface area (Å²) in [5.74, 6) is -0.478. The minimum absolute atomic E-state index is 0.418. The molecule has 1 aromatic carbocycles. The fraction of sp³-hybridized carbons (Fsp3) is 0.200. The molecule has 0 spiro atoms. The molecule has 0 aliphatic carbocycles. The summed E-state index contributed by atoms with van der Waals surface area (Å²) in [4.78, 5) is 23.2. The number of rotatable bonds is 2. The molecule has 0 radical (unpaired) electrons. The Kier molecular flexibility index (Phi) is 3.07. The summed E-state index contributed by atoms with van der Waals surface area (Å²) in [6.07, 6.45) is 0.190. The number of carbonyl (C=O) groups excluding carboxylic acids is 2. The van der Waals surface area contributed by atoms with Crippen LogP contribution < -0.4 is 5.32 Å². The van der Waals surface area contributed by atoms with Gasteiger partial charge in [-0.1, -0.05) is 17.7 Å². The van der Waals surface area contributed by atoms with Crippen molar-refractivity contribution in [2.75, 3.05) is 6.26 Å². The number of amides is 2. The molecular weight excluding hydrogens is 250 g/mol. The normalized spacial score (nSPS) is 19.5. The van der Waals surface area contributed by atoms with Gasteiger partial charge in [-0.15, -0.1) is 11.8 Å². The molecule has 4 nitrogen and oxygen atoms in total. The lowest BCUT2D eigenvalue weighted by atomic mass is 10.1. The molecule has 2 amide bonds. The van der Waals surface area contributed by atoms with E-state index in [0.717, 1.165) is 4.90 Å². The summed E-state index contributed by atoms with van der Waals surface area (Å²) >= 11 is 7.46. The molecular formula is C10H8ClNO3S. The van der Waals surface area contributed by atoms with E-state index in [1.165, 1.54) is 11.8 Å². The first kappa shape index (κ1) is 11.3. The molecule has 1 aliphatic heterocycles. The summed E-state index contributed by atoms with van der Waals surface area (Å²) < 4.78 is 4.89. The number of nitrogens with one attached hydrogen (secondary N) is 1. The van der Waals surface area contributed by atoms with Crippen LogP contribution in [-0.2, 0) is 9.53 Å². The van der Waals surface area contributed by atoms with E-state index in [1.807, 2.05) is 12.3 Å². The molecule has 0 bridgehead atoms. The van der Waals surface area contributed by atoms with Gasteiger partial charge in [-0.3, -0.25) is 10.1 Å². The van der Waals surface area contributed by atoms with Gasteiger partial charge in [0, 0.05) is 15.5 Å². The van der Waals surface area contributed by atoms with Crippen LogP contribution in [0.5, 0.6) is 0 Å². The molecule has 1 N–H and O–H groups in total. The van der Waals surface area contributed by atoms with E-state index in [-0.39, 0.29) is 0 Å². The number of imide groups is 1. The lowest BCUT2D eigenvalue weighted by Crippen LogP contribution is -2.20. The molecule has 0 aromatic heterocycles. The molecule has 0 saturated carbocycles. The van der Waals surface area contributed by atoms with Crippen LogP contribution in [-0.4, -0.2) is 18.3 Å². The van der Waals surface area contributed by atoms with Crippen LogP contribution in [0.2, 0.25) is 5.02 Å². The van der Waals surface area contributed by atoms with Crippen LogP contribution in [0, 0.1) is 0 Å². The molecule has 1 saturated heterocycles. The van der Waals surface area contributed by atoms with E-state index in [2.05, 4.69) is 5.32 Å². The van der Waals surface area contributed by atoms with Gasteiger partial charge in [-0.05, 0) is 18.4 Å². The Morgan fingerprint density at radius 3 is 2.75 bits per heavy atom. The topological polar surface area (TPSA) is 55.4 Å². The van der Waals surface area contributed by atoms with Gasteiger partial charge < -0.3 is 4.74 Å². The highest BCUT2D eigenvalue weighted by Crippen LogP contribution is 2.35. The van der Waals surface area contributed by atoms with Gasteiger partial charge in [0.1, 0.15) is 0 Å². The van der Waals surface area contributed by atoms with Crippen LogP contribution >= 0.6 is 23.4 Å². The maximum atomic E-state index is 11.5. The Morgan fingerprint density at radius 1 is 1.44 bits per heavy atom. The minimum Gasteiger partial charge on any atom is -0.431 e. The fourth-order valence-corrected chi connectivity index (χ4v) is 2.48. The SMILES string of the molecule is CSc1cccc(Cl)c1C1OC(=O)NC1=O. The van der Waals surface area contributed by atoms with E-state index < -0.39 is 18.1 Å². The van der Waals surface area contributed by atoms with Crippen molar-refractivity contribution in [3.8, 4) is 0 Å². The number of halogens is 1. The molecule has 84 valence electrons. The molecule has 1 heterocycles. The number of carbonyl (C=O) groups is 2. The monoisotopic (exact) mass is 257 g/mol. The summed E-state index contributed by atoms with van der Waals surface area (Å²) in [5, 5.41) is 2.49. The highest BCUT2D eigenvalue weighted by molar-refractivity contribution is 7.98. The third-order valence-corrected chi connectivity index (χ3v) is 3.31. The maximum absolute atomic E-state index is 11.5. The maximum Gasteiger partial charge on any atom is 0.415 e. The van der Waals surface area contributed by atoms with Gasteiger partial charge in [-0.2, -0.15) is 0 Å². The first-order valence-corrected chi connectivity index (χ1v) is 6.07. The minimum atomic E-state index is -0.941. The van der Waals surface area contributed by atoms with Crippen LogP contribution in [0.3, 0.4) is 0 Å². The number of alkyl carbamates (subject to hydrolysis) is 1. The number of cyclic esters (lactones) is 1. The van der Waals surface area contributed by atoms with E-state index in [9.17, 15) is 9.59 Å². The van der Waals surface area contributed by atoms with Crippen LogP contribution in [0.15, 0.2) is 23.1 Å². The Balaban J connectivity index is 2.47. The van der Waals surface area contributed by atoms with Gasteiger partial charge in [0.05, 0.1) is 0 Å².